The van der Waals surface area contributed by atoms with E-state index in [-0.39, 0.29) is 54.4 Å². The predicted octanol–water partition coefficient (Wildman–Crippen LogP) is 1.48. The Kier molecular flexibility index (Phi) is 11.7. The van der Waals surface area contributed by atoms with Gasteiger partial charge < -0.3 is 24.6 Å². The van der Waals surface area contributed by atoms with Gasteiger partial charge in [-0.15, -0.1) is 24.0 Å². The van der Waals surface area contributed by atoms with Gasteiger partial charge in [-0.2, -0.15) is 0 Å². The topological polar surface area (TPSA) is 83.5 Å². The zero-order valence-electron chi connectivity index (χ0n) is 17.3. The number of nitrogens with zero attached hydrogens (tertiary/aromatic N) is 3. The lowest BCUT2D eigenvalue weighted by Gasteiger charge is -2.35. The molecule has 2 saturated heterocycles. The Bertz CT molecular complexity index is 524. The molecule has 2 rings (SSSR count). The number of likely N-dealkylation sites (N-methyl/N-ethyl adjacent to an activating group) is 1. The van der Waals surface area contributed by atoms with Crippen LogP contribution in [0.1, 0.15) is 39.0 Å². The first-order valence-corrected chi connectivity index (χ1v) is 10.0. The van der Waals surface area contributed by atoms with Gasteiger partial charge in [-0.3, -0.25) is 9.59 Å². The van der Waals surface area contributed by atoms with Gasteiger partial charge in [-0.05, 0) is 39.0 Å². The van der Waals surface area contributed by atoms with Gasteiger partial charge in [0.1, 0.15) is 6.54 Å². The number of ether oxygens (including phenoxy) is 2. The molecule has 0 aliphatic carbocycles. The van der Waals surface area contributed by atoms with Crippen LogP contribution in [0.4, 0.5) is 0 Å². The highest BCUT2D eigenvalue weighted by atomic mass is 127. The Labute approximate surface area is 185 Å². The first-order valence-electron chi connectivity index (χ1n) is 10.0. The van der Waals surface area contributed by atoms with E-state index in [2.05, 4.69) is 15.2 Å². The Morgan fingerprint density at radius 3 is 2.68 bits per heavy atom. The molecule has 9 heteroatoms. The summed E-state index contributed by atoms with van der Waals surface area (Å²) in [5, 5.41) is 3.37. The number of halogens is 1. The van der Waals surface area contributed by atoms with Gasteiger partial charge in [-0.1, -0.05) is 0 Å². The smallest absolute Gasteiger partial charge is 0.310 e. The molecule has 0 radical (unpaired) electrons. The van der Waals surface area contributed by atoms with Crippen LogP contribution in [0.25, 0.3) is 0 Å². The van der Waals surface area contributed by atoms with Gasteiger partial charge in [0, 0.05) is 40.3 Å². The number of nitrogens with one attached hydrogen (secondary N) is 1. The number of piperidine rings is 1. The third-order valence-corrected chi connectivity index (χ3v) is 4.97. The molecule has 28 heavy (non-hydrogen) atoms. The quantitative estimate of drug-likeness (QED) is 0.252. The molecule has 2 unspecified atom stereocenters. The third-order valence-electron chi connectivity index (χ3n) is 4.97. The fourth-order valence-electron chi connectivity index (χ4n) is 3.35. The zero-order valence-corrected chi connectivity index (χ0v) is 19.6. The fraction of sp³-hybridized carbons (Fsp3) is 0.842. The number of hydrogen-bond donors (Lipinski definition) is 1. The molecule has 2 fully saturated rings. The SMILES string of the molecule is CCOC(=O)C1CCCN(C(=NCC(=O)N(C)C)NCC2CCCCO2)C1.I. The molecule has 0 aromatic carbocycles. The second-order valence-electron chi connectivity index (χ2n) is 7.33. The van der Waals surface area contributed by atoms with E-state index in [0.29, 0.717) is 25.7 Å². The number of hydrogen-bond acceptors (Lipinski definition) is 5. The summed E-state index contributed by atoms with van der Waals surface area (Å²) >= 11 is 0. The average molecular weight is 510 g/mol. The van der Waals surface area contributed by atoms with Crippen molar-refractivity contribution in [1.82, 2.24) is 15.1 Å². The van der Waals surface area contributed by atoms with Crippen molar-refractivity contribution < 1.29 is 19.1 Å². The molecule has 8 nitrogen and oxygen atoms in total. The van der Waals surface area contributed by atoms with E-state index in [1.807, 2.05) is 6.92 Å². The van der Waals surface area contributed by atoms with Crippen molar-refractivity contribution in [2.24, 2.45) is 10.9 Å². The van der Waals surface area contributed by atoms with Gasteiger partial charge in [-0.25, -0.2) is 4.99 Å². The van der Waals surface area contributed by atoms with Crippen LogP contribution >= 0.6 is 24.0 Å². The molecule has 2 aliphatic heterocycles. The van der Waals surface area contributed by atoms with Crippen molar-refractivity contribution in [3.05, 3.63) is 0 Å². The van der Waals surface area contributed by atoms with E-state index < -0.39 is 0 Å². The van der Waals surface area contributed by atoms with E-state index in [4.69, 9.17) is 9.47 Å². The monoisotopic (exact) mass is 510 g/mol. The van der Waals surface area contributed by atoms with E-state index in [0.717, 1.165) is 38.8 Å². The van der Waals surface area contributed by atoms with Crippen molar-refractivity contribution in [2.75, 3.05) is 53.5 Å². The normalized spacial score (nSPS) is 22.8. The van der Waals surface area contributed by atoms with Gasteiger partial charge in [0.25, 0.3) is 0 Å². The van der Waals surface area contributed by atoms with Crippen LogP contribution < -0.4 is 5.32 Å². The molecule has 0 bridgehead atoms. The maximum Gasteiger partial charge on any atom is 0.310 e. The third kappa shape index (κ3) is 8.10. The number of amides is 1. The molecule has 2 atom stereocenters. The second-order valence-corrected chi connectivity index (χ2v) is 7.33. The van der Waals surface area contributed by atoms with Gasteiger partial charge in [0.05, 0.1) is 18.6 Å². The average Bonchev–Trinajstić information content (AvgIpc) is 2.68. The fourth-order valence-corrected chi connectivity index (χ4v) is 3.35. The number of carbonyl (C=O) groups excluding carboxylic acids is 2. The van der Waals surface area contributed by atoms with E-state index in [9.17, 15) is 9.59 Å². The lowest BCUT2D eigenvalue weighted by Crippen LogP contribution is -2.50. The molecule has 0 spiro atoms. The summed E-state index contributed by atoms with van der Waals surface area (Å²) in [6, 6.07) is 0. The Balaban J connectivity index is 0.00000392. The number of aliphatic imine (C=N–C) groups is 1. The summed E-state index contributed by atoms with van der Waals surface area (Å²) < 4.78 is 11.0. The minimum absolute atomic E-state index is 0. The molecular weight excluding hydrogens is 475 g/mol. The molecule has 2 heterocycles. The molecule has 162 valence electrons. The van der Waals surface area contributed by atoms with Gasteiger partial charge in [0.2, 0.25) is 5.91 Å². The van der Waals surface area contributed by atoms with Crippen LogP contribution in [0, 0.1) is 5.92 Å². The molecule has 0 aromatic heterocycles. The highest BCUT2D eigenvalue weighted by Gasteiger charge is 2.29. The molecular formula is C19H35IN4O4. The summed E-state index contributed by atoms with van der Waals surface area (Å²) in [6.45, 7) is 5.13. The Hall–Kier alpha value is -1.10. The lowest BCUT2D eigenvalue weighted by atomic mass is 9.98. The minimum Gasteiger partial charge on any atom is -0.466 e. The number of rotatable bonds is 6. The number of guanidine groups is 1. The van der Waals surface area contributed by atoms with Crippen LogP contribution in [0.2, 0.25) is 0 Å². The van der Waals surface area contributed by atoms with Crippen LogP contribution in [0.15, 0.2) is 4.99 Å². The van der Waals surface area contributed by atoms with Crippen LogP contribution in [-0.4, -0.2) is 87.2 Å². The van der Waals surface area contributed by atoms with E-state index in [1.54, 1.807) is 14.1 Å². The molecule has 2 aliphatic rings. The minimum atomic E-state index is -0.152. The molecule has 1 N–H and O–H groups in total. The lowest BCUT2D eigenvalue weighted by molar-refractivity contribution is -0.149. The number of likely N-dealkylation sites (tertiary alicyclic amines) is 1. The maximum atomic E-state index is 12.1. The summed E-state index contributed by atoms with van der Waals surface area (Å²) in [7, 11) is 3.44. The summed E-state index contributed by atoms with van der Waals surface area (Å²) in [4.78, 5) is 32.2. The first-order chi connectivity index (χ1) is 13.0. The Morgan fingerprint density at radius 1 is 1.25 bits per heavy atom. The standard InChI is InChI=1S/C19H34N4O4.HI/c1-4-26-18(25)15-8-7-10-23(14-15)19(21-13-17(24)22(2)3)20-12-16-9-5-6-11-27-16;/h15-16H,4-14H2,1-3H3,(H,20,21);1H. The second kappa shape index (κ2) is 13.2. The molecule has 0 saturated carbocycles. The van der Waals surface area contributed by atoms with E-state index >= 15 is 0 Å². The summed E-state index contributed by atoms with van der Waals surface area (Å²) in [5.74, 6) is 0.318. The molecule has 1 amide bonds. The highest BCUT2D eigenvalue weighted by Crippen LogP contribution is 2.18. The highest BCUT2D eigenvalue weighted by molar-refractivity contribution is 14.0. The predicted molar refractivity (Wildman–Crippen MR) is 119 cm³/mol. The van der Waals surface area contributed by atoms with Crippen LogP contribution in [-0.2, 0) is 19.1 Å². The Morgan fingerprint density at radius 2 is 2.04 bits per heavy atom. The number of esters is 1. The summed E-state index contributed by atoms with van der Waals surface area (Å²) in [6.07, 6.45) is 5.20. The van der Waals surface area contributed by atoms with E-state index in [1.165, 1.54) is 11.3 Å². The largest absolute Gasteiger partial charge is 0.466 e. The van der Waals surface area contributed by atoms with Crippen molar-refractivity contribution in [2.45, 2.75) is 45.1 Å². The van der Waals surface area contributed by atoms with Crippen molar-refractivity contribution >= 4 is 41.8 Å². The zero-order chi connectivity index (χ0) is 19.6. The first kappa shape index (κ1) is 24.9. The van der Waals surface area contributed by atoms with Gasteiger partial charge >= 0.3 is 5.97 Å². The molecule has 0 aromatic rings. The summed E-state index contributed by atoms with van der Waals surface area (Å²) in [5.41, 5.74) is 0. The number of carbonyl (C=O) groups is 2. The van der Waals surface area contributed by atoms with Crippen molar-refractivity contribution in [3.8, 4) is 0 Å². The van der Waals surface area contributed by atoms with Crippen molar-refractivity contribution in [1.29, 1.82) is 0 Å². The van der Waals surface area contributed by atoms with Crippen molar-refractivity contribution in [3.63, 3.8) is 0 Å². The van der Waals surface area contributed by atoms with Crippen LogP contribution in [0.3, 0.4) is 0 Å². The maximum absolute atomic E-state index is 12.1. The van der Waals surface area contributed by atoms with Gasteiger partial charge in [0.15, 0.2) is 5.96 Å². The van der Waals surface area contributed by atoms with Crippen LogP contribution in [0.5, 0.6) is 0 Å².